The summed E-state index contributed by atoms with van der Waals surface area (Å²) in [5, 5.41) is 10.2. The average Bonchev–Trinajstić information content (AvgIpc) is 3.44. The molecule has 1 aliphatic carbocycles. The van der Waals surface area contributed by atoms with Crippen molar-refractivity contribution in [2.75, 3.05) is 6.61 Å². The SMILES string of the molecule is C[C@@H](N[C@H]1CCCOc2c1ccc1ccccc21)c1nc(C2CC2)no1. The molecule has 0 unspecified atom stereocenters. The Morgan fingerprint density at radius 3 is 2.88 bits per heavy atom. The lowest BCUT2D eigenvalue weighted by molar-refractivity contribution is 0.308. The van der Waals surface area contributed by atoms with Crippen LogP contribution < -0.4 is 10.1 Å². The van der Waals surface area contributed by atoms with E-state index in [4.69, 9.17) is 9.26 Å². The van der Waals surface area contributed by atoms with E-state index >= 15 is 0 Å². The van der Waals surface area contributed by atoms with Crippen LogP contribution >= 0.6 is 0 Å². The third-order valence-electron chi connectivity index (χ3n) is 5.39. The molecule has 1 aromatic heterocycles. The zero-order chi connectivity index (χ0) is 17.5. The summed E-state index contributed by atoms with van der Waals surface area (Å²) in [6.07, 6.45) is 4.41. The van der Waals surface area contributed by atoms with Gasteiger partial charge in [0, 0.05) is 22.9 Å². The quantitative estimate of drug-likeness (QED) is 0.742. The van der Waals surface area contributed by atoms with Gasteiger partial charge >= 0.3 is 0 Å². The summed E-state index contributed by atoms with van der Waals surface area (Å²) in [7, 11) is 0. The highest BCUT2D eigenvalue weighted by Gasteiger charge is 2.30. The number of nitrogens with zero attached hydrogens (tertiary/aromatic N) is 2. The lowest BCUT2D eigenvalue weighted by Crippen LogP contribution is -2.24. The second-order valence-corrected chi connectivity index (χ2v) is 7.40. The fourth-order valence-electron chi connectivity index (χ4n) is 3.79. The summed E-state index contributed by atoms with van der Waals surface area (Å²) >= 11 is 0. The molecule has 2 aliphatic rings. The smallest absolute Gasteiger partial charge is 0.243 e. The van der Waals surface area contributed by atoms with E-state index in [-0.39, 0.29) is 12.1 Å². The maximum atomic E-state index is 6.13. The number of aromatic nitrogens is 2. The fourth-order valence-corrected chi connectivity index (χ4v) is 3.79. The van der Waals surface area contributed by atoms with E-state index in [1.807, 2.05) is 0 Å². The maximum Gasteiger partial charge on any atom is 0.243 e. The molecule has 2 aromatic carbocycles. The predicted octanol–water partition coefficient (Wildman–Crippen LogP) is 4.66. The van der Waals surface area contributed by atoms with Crippen LogP contribution in [0.4, 0.5) is 0 Å². The number of hydrogen-bond acceptors (Lipinski definition) is 5. The summed E-state index contributed by atoms with van der Waals surface area (Å²) in [6, 6.07) is 13.0. The largest absolute Gasteiger partial charge is 0.493 e. The van der Waals surface area contributed by atoms with Crippen LogP contribution in [0.1, 0.15) is 67.9 Å². The van der Waals surface area contributed by atoms with Gasteiger partial charge in [0.2, 0.25) is 5.89 Å². The van der Waals surface area contributed by atoms with E-state index < -0.39 is 0 Å². The monoisotopic (exact) mass is 349 g/mol. The second-order valence-electron chi connectivity index (χ2n) is 7.40. The van der Waals surface area contributed by atoms with Gasteiger partial charge < -0.3 is 9.26 Å². The van der Waals surface area contributed by atoms with Crippen LogP contribution in [0.15, 0.2) is 40.9 Å². The van der Waals surface area contributed by atoms with Crippen molar-refractivity contribution in [2.24, 2.45) is 0 Å². The number of benzene rings is 2. The van der Waals surface area contributed by atoms with Crippen LogP contribution in [-0.4, -0.2) is 16.7 Å². The van der Waals surface area contributed by atoms with Gasteiger partial charge in [-0.2, -0.15) is 4.98 Å². The molecule has 3 aromatic rings. The maximum absolute atomic E-state index is 6.13. The van der Waals surface area contributed by atoms with Crippen molar-refractivity contribution < 1.29 is 9.26 Å². The van der Waals surface area contributed by atoms with Crippen LogP contribution in [-0.2, 0) is 0 Å². The van der Waals surface area contributed by atoms with Crippen LogP contribution in [0.25, 0.3) is 10.8 Å². The molecule has 0 radical (unpaired) electrons. The third kappa shape index (κ3) is 2.86. The topological polar surface area (TPSA) is 60.2 Å². The highest BCUT2D eigenvalue weighted by molar-refractivity contribution is 5.89. The summed E-state index contributed by atoms with van der Waals surface area (Å²) in [5.41, 5.74) is 1.22. The summed E-state index contributed by atoms with van der Waals surface area (Å²) in [6.45, 7) is 2.84. The van der Waals surface area contributed by atoms with Gasteiger partial charge in [0.15, 0.2) is 5.82 Å². The Morgan fingerprint density at radius 1 is 1.12 bits per heavy atom. The molecular formula is C21H23N3O2. The Morgan fingerprint density at radius 2 is 2.00 bits per heavy atom. The van der Waals surface area contributed by atoms with Gasteiger partial charge in [-0.25, -0.2) is 0 Å². The van der Waals surface area contributed by atoms with Crippen molar-refractivity contribution in [2.45, 2.75) is 50.6 Å². The lowest BCUT2D eigenvalue weighted by atomic mass is 9.97. The Balaban J connectivity index is 1.44. The van der Waals surface area contributed by atoms with E-state index in [1.165, 1.54) is 29.2 Å². The molecule has 2 atom stereocenters. The third-order valence-corrected chi connectivity index (χ3v) is 5.39. The van der Waals surface area contributed by atoms with Crippen molar-refractivity contribution in [1.29, 1.82) is 0 Å². The zero-order valence-corrected chi connectivity index (χ0v) is 14.9. The summed E-state index contributed by atoms with van der Waals surface area (Å²) in [4.78, 5) is 4.60. The van der Waals surface area contributed by atoms with Gasteiger partial charge in [-0.3, -0.25) is 5.32 Å². The fraction of sp³-hybridized carbons (Fsp3) is 0.429. The molecule has 134 valence electrons. The molecule has 1 saturated carbocycles. The predicted molar refractivity (Wildman–Crippen MR) is 99.2 cm³/mol. The first-order valence-corrected chi connectivity index (χ1v) is 9.53. The number of fused-ring (bicyclic) bond motifs is 3. The second kappa shape index (κ2) is 6.40. The molecule has 0 bridgehead atoms. The van der Waals surface area contributed by atoms with Crippen LogP contribution in [0, 0.1) is 0 Å². The van der Waals surface area contributed by atoms with Crippen molar-refractivity contribution in [3.05, 3.63) is 53.7 Å². The highest BCUT2D eigenvalue weighted by atomic mass is 16.5. The molecule has 5 rings (SSSR count). The molecule has 5 nitrogen and oxygen atoms in total. The number of ether oxygens (including phenoxy) is 1. The van der Waals surface area contributed by atoms with E-state index in [1.54, 1.807) is 0 Å². The Kier molecular flexibility index (Phi) is 3.89. The van der Waals surface area contributed by atoms with Gasteiger partial charge in [-0.1, -0.05) is 41.6 Å². The van der Waals surface area contributed by atoms with Gasteiger partial charge in [-0.15, -0.1) is 0 Å². The normalized spacial score (nSPS) is 21.0. The zero-order valence-electron chi connectivity index (χ0n) is 14.9. The first-order chi connectivity index (χ1) is 12.8. The van der Waals surface area contributed by atoms with Crippen molar-refractivity contribution >= 4 is 10.8 Å². The Bertz CT molecular complexity index is 932. The molecule has 1 aliphatic heterocycles. The van der Waals surface area contributed by atoms with E-state index in [0.29, 0.717) is 11.8 Å². The Hall–Kier alpha value is -2.40. The van der Waals surface area contributed by atoms with E-state index in [2.05, 4.69) is 58.8 Å². The van der Waals surface area contributed by atoms with Crippen LogP contribution in [0.2, 0.25) is 0 Å². The Labute approximate surface area is 152 Å². The van der Waals surface area contributed by atoms with Gasteiger partial charge in [0.25, 0.3) is 0 Å². The molecule has 0 saturated heterocycles. The van der Waals surface area contributed by atoms with Crippen LogP contribution in [0.3, 0.4) is 0 Å². The van der Waals surface area contributed by atoms with Gasteiger partial charge in [-0.05, 0) is 38.0 Å². The minimum absolute atomic E-state index is 0.0115. The summed E-state index contributed by atoms with van der Waals surface area (Å²) < 4.78 is 11.6. The molecule has 0 spiro atoms. The molecule has 26 heavy (non-hydrogen) atoms. The van der Waals surface area contributed by atoms with Gasteiger partial charge in [0.05, 0.1) is 12.6 Å². The molecule has 1 N–H and O–H groups in total. The standard InChI is InChI=1S/C21H23N3O2/c1-13(21-23-20(24-26-21)15-8-9-15)22-18-7-4-12-25-19-16-6-3-2-5-14(16)10-11-17(18)19/h2-3,5-6,10-11,13,15,18,22H,4,7-9,12H2,1H3/t13-,18+/m1/s1. The first-order valence-electron chi connectivity index (χ1n) is 9.53. The molecular weight excluding hydrogens is 326 g/mol. The van der Waals surface area contributed by atoms with E-state index in [9.17, 15) is 0 Å². The minimum atomic E-state index is 0.0115. The summed E-state index contributed by atoms with van der Waals surface area (Å²) in [5.74, 6) is 3.07. The lowest BCUT2D eigenvalue weighted by Gasteiger charge is -2.22. The van der Waals surface area contributed by atoms with E-state index in [0.717, 1.165) is 31.0 Å². The van der Waals surface area contributed by atoms with Crippen molar-refractivity contribution in [3.8, 4) is 5.75 Å². The van der Waals surface area contributed by atoms with Gasteiger partial charge in [0.1, 0.15) is 5.75 Å². The minimum Gasteiger partial charge on any atom is -0.493 e. The molecule has 5 heteroatoms. The van der Waals surface area contributed by atoms with Crippen LogP contribution in [0.5, 0.6) is 5.75 Å². The number of rotatable bonds is 4. The van der Waals surface area contributed by atoms with Crippen molar-refractivity contribution in [1.82, 2.24) is 15.5 Å². The molecule has 0 amide bonds. The highest BCUT2D eigenvalue weighted by Crippen LogP contribution is 2.40. The van der Waals surface area contributed by atoms with Crippen molar-refractivity contribution in [3.63, 3.8) is 0 Å². The first kappa shape index (κ1) is 15.8. The molecule has 1 fully saturated rings. The number of hydrogen-bond donors (Lipinski definition) is 1. The number of nitrogens with one attached hydrogen (secondary N) is 1. The molecule has 2 heterocycles. The average molecular weight is 349 g/mol.